The van der Waals surface area contributed by atoms with Crippen LogP contribution >= 0.6 is 11.6 Å². The Morgan fingerprint density at radius 3 is 2.84 bits per heavy atom. The predicted octanol–water partition coefficient (Wildman–Crippen LogP) is 4.16. The molecule has 5 heteroatoms. The summed E-state index contributed by atoms with van der Waals surface area (Å²) in [5.74, 6) is -0.375. The summed E-state index contributed by atoms with van der Waals surface area (Å²) in [5.41, 5.74) is 3.84. The van der Waals surface area contributed by atoms with Crippen molar-refractivity contribution in [2.45, 2.75) is 25.6 Å². The molecule has 2 aromatic carbocycles. The molecule has 1 atom stereocenters. The monoisotopic (exact) mass is 358 g/mol. The molecule has 130 valence electrons. The lowest BCUT2D eigenvalue weighted by Crippen LogP contribution is -2.28. The molecule has 4 rings (SSSR count). The van der Waals surface area contributed by atoms with Gasteiger partial charge < -0.3 is 14.6 Å². The second-order valence-corrected chi connectivity index (χ2v) is 7.16. The lowest BCUT2D eigenvalue weighted by Gasteiger charge is -2.25. The molecule has 0 aliphatic carbocycles. The zero-order valence-corrected chi connectivity index (χ0v) is 14.8. The van der Waals surface area contributed by atoms with E-state index in [0.717, 1.165) is 30.4 Å². The fraction of sp³-hybridized carbons (Fsp3) is 0.300. The zero-order chi connectivity index (χ0) is 17.6. The Kier molecular flexibility index (Phi) is 4.28. The molecule has 3 aromatic rings. The minimum Gasteiger partial charge on any atom is -0.386 e. The number of aliphatic hydroxyl groups excluding tert-OH is 1. The normalized spacial score (nSPS) is 16.2. The molecule has 3 nitrogen and oxygen atoms in total. The van der Waals surface area contributed by atoms with Crippen LogP contribution in [0.2, 0.25) is 5.02 Å². The number of hydrogen-bond acceptors (Lipinski definition) is 2. The van der Waals surface area contributed by atoms with Gasteiger partial charge in [0, 0.05) is 40.3 Å². The van der Waals surface area contributed by atoms with Crippen LogP contribution in [0.1, 0.15) is 22.9 Å². The summed E-state index contributed by atoms with van der Waals surface area (Å²) < 4.78 is 16.2. The minimum absolute atomic E-state index is 0.322. The average molecular weight is 359 g/mol. The first-order valence-corrected chi connectivity index (χ1v) is 8.83. The average Bonchev–Trinajstić information content (AvgIpc) is 2.87. The number of nitrogens with zero attached hydrogens (tertiary/aromatic N) is 2. The van der Waals surface area contributed by atoms with Crippen molar-refractivity contribution >= 4 is 22.5 Å². The third-order valence-corrected chi connectivity index (χ3v) is 5.27. The van der Waals surface area contributed by atoms with Gasteiger partial charge in [0.05, 0.1) is 12.6 Å². The molecule has 0 bridgehead atoms. The van der Waals surface area contributed by atoms with Gasteiger partial charge in [-0.05, 0) is 43.3 Å². The molecule has 1 N–H and O–H groups in total. The molecule has 0 saturated carbocycles. The highest BCUT2D eigenvalue weighted by Crippen LogP contribution is 2.34. The summed E-state index contributed by atoms with van der Waals surface area (Å²) in [6.07, 6.45) is 0.0506. The van der Waals surface area contributed by atoms with Crippen molar-refractivity contribution in [2.24, 2.45) is 0 Å². The Morgan fingerprint density at radius 2 is 2.04 bits per heavy atom. The van der Waals surface area contributed by atoms with Gasteiger partial charge in [0.2, 0.25) is 0 Å². The third kappa shape index (κ3) is 2.95. The number of likely N-dealkylation sites (N-methyl/N-ethyl adjacent to an activating group) is 1. The molecular weight excluding hydrogens is 339 g/mol. The van der Waals surface area contributed by atoms with Gasteiger partial charge in [0.15, 0.2) is 0 Å². The van der Waals surface area contributed by atoms with Gasteiger partial charge in [-0.15, -0.1) is 0 Å². The van der Waals surface area contributed by atoms with Gasteiger partial charge in [-0.2, -0.15) is 0 Å². The van der Waals surface area contributed by atoms with Gasteiger partial charge >= 0.3 is 0 Å². The van der Waals surface area contributed by atoms with Crippen molar-refractivity contribution in [1.82, 2.24) is 9.47 Å². The first kappa shape index (κ1) is 16.6. The number of fused-ring (bicyclic) bond motifs is 3. The van der Waals surface area contributed by atoms with Crippen LogP contribution in [0.4, 0.5) is 4.39 Å². The van der Waals surface area contributed by atoms with Crippen LogP contribution < -0.4 is 0 Å². The Labute approximate surface area is 151 Å². The fourth-order valence-electron chi connectivity index (χ4n) is 3.77. The standard InChI is InChI=1S/C20H20ClFN2O/c1-23-9-8-14-16-10-13(21)6-7-18(16)24(19(14)11-23)12-20(25)15-4-2-3-5-17(15)22/h2-7,10,20,25H,8-9,11-12H2,1H3. The highest BCUT2D eigenvalue weighted by atomic mass is 35.5. The van der Waals surface area contributed by atoms with E-state index in [0.29, 0.717) is 17.1 Å². The summed E-state index contributed by atoms with van der Waals surface area (Å²) in [4.78, 5) is 2.26. The zero-order valence-electron chi connectivity index (χ0n) is 14.0. The number of hydrogen-bond donors (Lipinski definition) is 1. The molecular formula is C20H20ClFN2O. The summed E-state index contributed by atoms with van der Waals surface area (Å²) >= 11 is 6.20. The van der Waals surface area contributed by atoms with Gasteiger partial charge in [-0.1, -0.05) is 29.8 Å². The van der Waals surface area contributed by atoms with Crippen molar-refractivity contribution in [1.29, 1.82) is 0 Å². The Morgan fingerprint density at radius 1 is 1.24 bits per heavy atom. The molecule has 0 amide bonds. The first-order chi connectivity index (χ1) is 12.0. The predicted molar refractivity (Wildman–Crippen MR) is 98.3 cm³/mol. The number of aliphatic hydroxyl groups is 1. The van der Waals surface area contributed by atoms with E-state index in [-0.39, 0.29) is 5.82 Å². The van der Waals surface area contributed by atoms with Crippen LogP contribution in [0.15, 0.2) is 42.5 Å². The molecule has 25 heavy (non-hydrogen) atoms. The summed E-state index contributed by atoms with van der Waals surface area (Å²) in [6.45, 7) is 2.13. The van der Waals surface area contributed by atoms with Crippen molar-refractivity contribution < 1.29 is 9.50 Å². The van der Waals surface area contributed by atoms with Crippen LogP contribution in [-0.4, -0.2) is 28.2 Å². The van der Waals surface area contributed by atoms with Crippen LogP contribution in [0.25, 0.3) is 10.9 Å². The number of aromatic nitrogens is 1. The number of halogens is 2. The smallest absolute Gasteiger partial charge is 0.129 e. The van der Waals surface area contributed by atoms with E-state index in [2.05, 4.69) is 16.5 Å². The van der Waals surface area contributed by atoms with Crippen LogP contribution in [0.5, 0.6) is 0 Å². The fourth-order valence-corrected chi connectivity index (χ4v) is 3.94. The molecule has 1 aromatic heterocycles. The maximum atomic E-state index is 14.0. The van der Waals surface area contributed by atoms with Crippen molar-refractivity contribution in [3.63, 3.8) is 0 Å². The lowest BCUT2D eigenvalue weighted by molar-refractivity contribution is 0.150. The molecule has 1 unspecified atom stereocenters. The van der Waals surface area contributed by atoms with Gasteiger partial charge in [0.1, 0.15) is 5.82 Å². The SMILES string of the molecule is CN1CCc2c(n(CC(O)c3ccccc3F)c3ccc(Cl)cc23)C1. The van der Waals surface area contributed by atoms with Crippen LogP contribution in [-0.2, 0) is 19.5 Å². The van der Waals surface area contributed by atoms with Gasteiger partial charge in [-0.25, -0.2) is 4.39 Å². The molecule has 0 saturated heterocycles. The van der Waals surface area contributed by atoms with E-state index in [4.69, 9.17) is 11.6 Å². The van der Waals surface area contributed by atoms with Crippen molar-refractivity contribution in [3.05, 3.63) is 70.1 Å². The molecule has 0 spiro atoms. The highest BCUT2D eigenvalue weighted by Gasteiger charge is 2.24. The van der Waals surface area contributed by atoms with Crippen molar-refractivity contribution in [3.8, 4) is 0 Å². The Bertz CT molecular complexity index is 937. The molecule has 1 aliphatic rings. The van der Waals surface area contributed by atoms with E-state index in [9.17, 15) is 9.50 Å². The molecule has 0 fully saturated rings. The molecule has 2 heterocycles. The summed E-state index contributed by atoms with van der Waals surface area (Å²) in [6, 6.07) is 12.3. The second kappa shape index (κ2) is 6.45. The van der Waals surface area contributed by atoms with Crippen LogP contribution in [0, 0.1) is 5.82 Å². The summed E-state index contributed by atoms with van der Waals surface area (Å²) in [5, 5.41) is 12.5. The maximum absolute atomic E-state index is 14.0. The minimum atomic E-state index is -0.899. The number of benzene rings is 2. The van der Waals surface area contributed by atoms with E-state index in [1.807, 2.05) is 18.2 Å². The quantitative estimate of drug-likeness (QED) is 0.761. The first-order valence-electron chi connectivity index (χ1n) is 8.45. The second-order valence-electron chi connectivity index (χ2n) is 6.72. The largest absolute Gasteiger partial charge is 0.386 e. The molecule has 0 radical (unpaired) electrons. The topological polar surface area (TPSA) is 28.4 Å². The van der Waals surface area contributed by atoms with E-state index < -0.39 is 6.10 Å². The van der Waals surface area contributed by atoms with E-state index in [1.165, 1.54) is 17.3 Å². The molecule has 1 aliphatic heterocycles. The van der Waals surface area contributed by atoms with Gasteiger partial charge in [0.25, 0.3) is 0 Å². The Balaban J connectivity index is 1.81. The number of rotatable bonds is 3. The van der Waals surface area contributed by atoms with E-state index >= 15 is 0 Å². The van der Waals surface area contributed by atoms with Gasteiger partial charge in [-0.3, -0.25) is 0 Å². The van der Waals surface area contributed by atoms with E-state index in [1.54, 1.807) is 18.2 Å². The Hall–Kier alpha value is -1.88. The lowest BCUT2D eigenvalue weighted by atomic mass is 10.0. The maximum Gasteiger partial charge on any atom is 0.129 e. The van der Waals surface area contributed by atoms with Crippen molar-refractivity contribution in [2.75, 3.05) is 13.6 Å². The highest BCUT2D eigenvalue weighted by molar-refractivity contribution is 6.31. The third-order valence-electron chi connectivity index (χ3n) is 5.03. The van der Waals surface area contributed by atoms with Crippen LogP contribution in [0.3, 0.4) is 0 Å². The summed E-state index contributed by atoms with van der Waals surface area (Å²) in [7, 11) is 2.09.